The van der Waals surface area contributed by atoms with Gasteiger partial charge in [0.1, 0.15) is 11.6 Å². The molecule has 0 unspecified atom stereocenters. The molecule has 1 aliphatic carbocycles. The van der Waals surface area contributed by atoms with Crippen LogP contribution in [0.5, 0.6) is 0 Å². The maximum Gasteiger partial charge on any atom is 0.291 e. The number of carbonyl (C=O) groups excluding carboxylic acids is 2. The average molecular weight is 315 g/mol. The van der Waals surface area contributed by atoms with Gasteiger partial charge in [0.15, 0.2) is 0 Å². The zero-order valence-electron chi connectivity index (χ0n) is 12.7. The monoisotopic (exact) mass is 315 g/mol. The quantitative estimate of drug-likeness (QED) is 0.831. The molecule has 9 nitrogen and oxygen atoms in total. The highest BCUT2D eigenvalue weighted by molar-refractivity contribution is 5.97. The van der Waals surface area contributed by atoms with Crippen molar-refractivity contribution in [2.45, 2.75) is 37.8 Å². The first-order chi connectivity index (χ1) is 11.1. The number of H-pyrrole nitrogens is 1. The average Bonchev–Trinajstić information content (AvgIpc) is 3.06. The molecule has 2 aromatic heterocycles. The molecule has 2 amide bonds. The second kappa shape index (κ2) is 5.18. The molecule has 23 heavy (non-hydrogen) atoms. The van der Waals surface area contributed by atoms with Crippen molar-refractivity contribution in [3.8, 4) is 0 Å². The molecule has 1 fully saturated rings. The van der Waals surface area contributed by atoms with Crippen molar-refractivity contribution in [1.29, 1.82) is 0 Å². The lowest BCUT2D eigenvalue weighted by molar-refractivity contribution is -0.119. The van der Waals surface area contributed by atoms with Crippen LogP contribution < -0.4 is 10.2 Å². The van der Waals surface area contributed by atoms with E-state index in [4.69, 9.17) is 0 Å². The van der Waals surface area contributed by atoms with Gasteiger partial charge in [-0.3, -0.25) is 19.6 Å². The number of aromatic amines is 1. The van der Waals surface area contributed by atoms with Crippen LogP contribution in [0.1, 0.15) is 41.6 Å². The smallest absolute Gasteiger partial charge is 0.291 e. The van der Waals surface area contributed by atoms with Crippen LogP contribution in [-0.2, 0) is 11.3 Å². The van der Waals surface area contributed by atoms with Gasteiger partial charge in [-0.15, -0.1) is 5.10 Å². The number of likely N-dealkylation sites (N-methyl/N-ethyl adjacent to an activating group) is 1. The van der Waals surface area contributed by atoms with Crippen molar-refractivity contribution in [3.05, 3.63) is 23.9 Å². The van der Waals surface area contributed by atoms with Gasteiger partial charge >= 0.3 is 0 Å². The van der Waals surface area contributed by atoms with E-state index in [-0.39, 0.29) is 23.7 Å². The Bertz CT molecular complexity index is 761. The fourth-order valence-electron chi connectivity index (χ4n) is 2.77. The van der Waals surface area contributed by atoms with Gasteiger partial charge in [-0.25, -0.2) is 9.67 Å². The van der Waals surface area contributed by atoms with Crippen molar-refractivity contribution in [1.82, 2.24) is 30.3 Å². The van der Waals surface area contributed by atoms with Gasteiger partial charge in [-0.2, -0.15) is 5.10 Å². The Hall–Kier alpha value is -2.71. The largest absolute Gasteiger partial charge is 0.347 e. The molecule has 0 radical (unpaired) electrons. The fourth-order valence-corrected chi connectivity index (χ4v) is 2.77. The zero-order chi connectivity index (χ0) is 16.0. The Morgan fingerprint density at radius 3 is 3.00 bits per heavy atom. The fraction of sp³-hybridized carbons (Fsp3) is 0.500. The standard InChI is InChI=1S/C14H17N7O2/c1-20-10-4-6-15-21(10)7-5-9(14(20)23)11-17-12(19-18-11)13(22)16-8-2-3-8/h4,6,8-9H,2-3,5,7H2,1H3,(H,16,22)(H,17,18,19)/t9-/m0/s1. The number of fused-ring (bicyclic) bond motifs is 1. The second-order valence-corrected chi connectivity index (χ2v) is 5.94. The summed E-state index contributed by atoms with van der Waals surface area (Å²) in [6, 6.07) is 2.04. The summed E-state index contributed by atoms with van der Waals surface area (Å²) in [4.78, 5) is 30.4. The summed E-state index contributed by atoms with van der Waals surface area (Å²) in [5.41, 5.74) is 0. The molecule has 4 rings (SSSR count). The van der Waals surface area contributed by atoms with E-state index in [0.717, 1.165) is 18.7 Å². The molecule has 0 spiro atoms. The number of rotatable bonds is 3. The summed E-state index contributed by atoms with van der Waals surface area (Å²) in [6.45, 7) is 0.605. The predicted octanol–water partition coefficient (Wildman–Crippen LogP) is 0.0437. The third kappa shape index (κ3) is 2.47. The summed E-state index contributed by atoms with van der Waals surface area (Å²) in [7, 11) is 1.71. The minimum Gasteiger partial charge on any atom is -0.347 e. The molecule has 2 aliphatic rings. The molecule has 120 valence electrons. The Morgan fingerprint density at radius 1 is 1.39 bits per heavy atom. The van der Waals surface area contributed by atoms with Crippen LogP contribution in [0.2, 0.25) is 0 Å². The first kappa shape index (κ1) is 13.9. The maximum atomic E-state index is 12.7. The molecule has 0 aromatic carbocycles. The van der Waals surface area contributed by atoms with Crippen LogP contribution in [0.3, 0.4) is 0 Å². The molecule has 1 aliphatic heterocycles. The van der Waals surface area contributed by atoms with E-state index in [1.165, 1.54) is 0 Å². The minimum absolute atomic E-state index is 0.0873. The highest BCUT2D eigenvalue weighted by Crippen LogP contribution is 2.27. The number of nitrogens with zero attached hydrogens (tertiary/aromatic N) is 5. The van der Waals surface area contributed by atoms with Crippen LogP contribution in [0.15, 0.2) is 12.3 Å². The Morgan fingerprint density at radius 2 is 2.22 bits per heavy atom. The maximum absolute atomic E-state index is 12.7. The number of hydrogen-bond donors (Lipinski definition) is 2. The zero-order valence-corrected chi connectivity index (χ0v) is 12.7. The number of amides is 2. The molecule has 2 aromatic rings. The van der Waals surface area contributed by atoms with Gasteiger partial charge in [0, 0.05) is 25.7 Å². The molecular weight excluding hydrogens is 298 g/mol. The summed E-state index contributed by atoms with van der Waals surface area (Å²) in [5.74, 6) is 0.421. The van der Waals surface area contributed by atoms with E-state index < -0.39 is 5.92 Å². The number of carbonyl (C=O) groups is 2. The Labute approximate surface area is 132 Å². The number of aromatic nitrogens is 5. The summed E-state index contributed by atoms with van der Waals surface area (Å²) < 4.78 is 1.79. The van der Waals surface area contributed by atoms with Crippen molar-refractivity contribution < 1.29 is 9.59 Å². The van der Waals surface area contributed by atoms with Crippen LogP contribution in [0.4, 0.5) is 5.82 Å². The third-order valence-electron chi connectivity index (χ3n) is 4.24. The first-order valence-corrected chi connectivity index (χ1v) is 7.66. The highest BCUT2D eigenvalue weighted by atomic mass is 16.2. The normalized spacial score (nSPS) is 21.0. The van der Waals surface area contributed by atoms with E-state index >= 15 is 0 Å². The van der Waals surface area contributed by atoms with Crippen LogP contribution in [0, 0.1) is 0 Å². The molecule has 2 N–H and O–H groups in total. The highest BCUT2D eigenvalue weighted by Gasteiger charge is 2.33. The number of aryl methyl sites for hydroxylation is 1. The number of anilines is 1. The van der Waals surface area contributed by atoms with Crippen molar-refractivity contribution >= 4 is 17.6 Å². The minimum atomic E-state index is -0.461. The lowest BCUT2D eigenvalue weighted by atomic mass is 10.0. The second-order valence-electron chi connectivity index (χ2n) is 5.94. The Kier molecular flexibility index (Phi) is 3.14. The van der Waals surface area contributed by atoms with Crippen molar-refractivity contribution in [2.24, 2.45) is 0 Å². The Balaban J connectivity index is 1.56. The summed E-state index contributed by atoms with van der Waals surface area (Å²) in [6.07, 6.45) is 4.23. The van der Waals surface area contributed by atoms with E-state index in [9.17, 15) is 9.59 Å². The predicted molar refractivity (Wildman–Crippen MR) is 79.9 cm³/mol. The topological polar surface area (TPSA) is 109 Å². The SMILES string of the molecule is CN1C(=O)[C@H](c2nc(C(=O)NC3CC3)n[nH]2)CCn2nccc21. The lowest BCUT2D eigenvalue weighted by Gasteiger charge is -2.17. The molecule has 1 atom stereocenters. The van der Waals surface area contributed by atoms with Gasteiger partial charge < -0.3 is 5.32 Å². The van der Waals surface area contributed by atoms with E-state index in [2.05, 4.69) is 25.6 Å². The van der Waals surface area contributed by atoms with Gasteiger partial charge in [-0.1, -0.05) is 0 Å². The van der Waals surface area contributed by atoms with Crippen molar-refractivity contribution in [2.75, 3.05) is 11.9 Å². The number of nitrogens with one attached hydrogen (secondary N) is 2. The van der Waals surface area contributed by atoms with Gasteiger partial charge in [0.05, 0.1) is 12.1 Å². The van der Waals surface area contributed by atoms with Gasteiger partial charge in [-0.05, 0) is 19.3 Å². The first-order valence-electron chi connectivity index (χ1n) is 7.66. The van der Waals surface area contributed by atoms with Crippen LogP contribution in [-0.4, -0.2) is 49.9 Å². The summed E-state index contributed by atoms with van der Waals surface area (Å²) >= 11 is 0. The van der Waals surface area contributed by atoms with E-state index in [1.807, 2.05) is 0 Å². The van der Waals surface area contributed by atoms with Gasteiger partial charge in [0.2, 0.25) is 11.7 Å². The molecule has 9 heteroatoms. The summed E-state index contributed by atoms with van der Waals surface area (Å²) in [5, 5.41) is 13.8. The lowest BCUT2D eigenvalue weighted by Crippen LogP contribution is -2.31. The molecule has 0 saturated heterocycles. The third-order valence-corrected chi connectivity index (χ3v) is 4.24. The van der Waals surface area contributed by atoms with Crippen LogP contribution >= 0.6 is 0 Å². The van der Waals surface area contributed by atoms with Crippen molar-refractivity contribution in [3.63, 3.8) is 0 Å². The number of hydrogen-bond acceptors (Lipinski definition) is 5. The van der Waals surface area contributed by atoms with Crippen LogP contribution in [0.25, 0.3) is 0 Å². The molecule has 1 saturated carbocycles. The molecule has 3 heterocycles. The van der Waals surface area contributed by atoms with Gasteiger partial charge in [0.25, 0.3) is 5.91 Å². The molecular formula is C14H17N7O2. The van der Waals surface area contributed by atoms with E-state index in [0.29, 0.717) is 18.8 Å². The molecule has 0 bridgehead atoms. The van der Waals surface area contributed by atoms with E-state index in [1.54, 1.807) is 28.9 Å².